The third kappa shape index (κ3) is 7.18. The van der Waals surface area contributed by atoms with Crippen molar-refractivity contribution in [1.82, 2.24) is 5.32 Å². The molecule has 2 aromatic carbocycles. The molecule has 8 rings (SSSR count). The van der Waals surface area contributed by atoms with Crippen molar-refractivity contribution in [3.05, 3.63) is 73.6 Å². The van der Waals surface area contributed by atoms with Crippen molar-refractivity contribution < 1.29 is 82.2 Å². The second-order valence-electron chi connectivity index (χ2n) is 18.2. The molecule has 0 saturated carbocycles. The van der Waals surface area contributed by atoms with Gasteiger partial charge in [-0.15, -0.1) is 0 Å². The van der Waals surface area contributed by atoms with Gasteiger partial charge < -0.3 is 73.2 Å². The molecule has 16 atom stereocenters. The van der Waals surface area contributed by atoms with Gasteiger partial charge in [0.05, 0.1) is 60.7 Å². The molecule has 19 heteroatoms. The van der Waals surface area contributed by atoms with Crippen molar-refractivity contribution in [3.8, 4) is 5.75 Å². The topological polar surface area (TPSA) is 272 Å². The van der Waals surface area contributed by atoms with Crippen molar-refractivity contribution >= 4 is 28.5 Å². The minimum Gasteiger partial charge on any atom is -0.507 e. The molecular weight excluding hydrogens is 854 g/mol. The van der Waals surface area contributed by atoms with Crippen LogP contribution < -0.4 is 10.7 Å². The molecule has 1 aromatic heterocycles. The van der Waals surface area contributed by atoms with Crippen LogP contribution in [0, 0.1) is 0 Å². The van der Waals surface area contributed by atoms with Crippen molar-refractivity contribution in [2.75, 3.05) is 35.0 Å². The molecule has 6 N–H and O–H groups in total. The Kier molecular flexibility index (Phi) is 12.2. The number of methoxy groups -OCH3 is 3. The van der Waals surface area contributed by atoms with Gasteiger partial charge in [0, 0.05) is 48.1 Å². The van der Waals surface area contributed by atoms with Crippen LogP contribution in [0.5, 0.6) is 5.75 Å². The number of carbonyl (C=O) groups excluding carboxylic acids is 3. The van der Waals surface area contributed by atoms with Gasteiger partial charge in [-0.3, -0.25) is 14.4 Å². The molecular formula is C46H57NO18. The number of rotatable bonds is 10. The summed E-state index contributed by atoms with van der Waals surface area (Å²) in [6.07, 6.45) is -13.0. The van der Waals surface area contributed by atoms with E-state index in [0.717, 1.165) is 19.2 Å². The number of fused-ring (bicyclic) bond motifs is 4. The maximum absolute atomic E-state index is 15.1. The smallest absolute Gasteiger partial charge is 0.345 e. The van der Waals surface area contributed by atoms with Gasteiger partial charge in [-0.1, -0.05) is 6.07 Å². The highest BCUT2D eigenvalue weighted by Crippen LogP contribution is 2.50. The predicted octanol–water partition coefficient (Wildman–Crippen LogP) is 1.17. The summed E-state index contributed by atoms with van der Waals surface area (Å²) < 4.78 is 52.9. The summed E-state index contributed by atoms with van der Waals surface area (Å²) in [7, 11) is 5.38. The van der Waals surface area contributed by atoms with E-state index >= 15 is 4.79 Å². The van der Waals surface area contributed by atoms with Gasteiger partial charge in [-0.25, -0.2) is 4.79 Å². The van der Waals surface area contributed by atoms with Crippen LogP contribution in [-0.2, 0) is 53.9 Å². The minimum absolute atomic E-state index is 0.0361. The zero-order valence-electron chi connectivity index (χ0n) is 37.8. The van der Waals surface area contributed by atoms with Crippen molar-refractivity contribution in [3.63, 3.8) is 0 Å². The van der Waals surface area contributed by atoms with E-state index in [-0.39, 0.29) is 29.9 Å². The van der Waals surface area contributed by atoms with E-state index in [2.05, 4.69) is 5.32 Å². The number of nitrogens with one attached hydrogen (secondary N) is 1. The van der Waals surface area contributed by atoms with E-state index < -0.39 is 158 Å². The number of hydrogen-bond acceptors (Lipinski definition) is 19. The summed E-state index contributed by atoms with van der Waals surface area (Å²) in [6.45, 7) is 10.4. The number of benzene rings is 2. The average molecular weight is 912 g/mol. The summed E-state index contributed by atoms with van der Waals surface area (Å²) in [5.74, 6) is -3.80. The van der Waals surface area contributed by atoms with Crippen LogP contribution in [0.1, 0.15) is 103 Å². The number of epoxide rings is 1. The summed E-state index contributed by atoms with van der Waals surface area (Å²) >= 11 is 0. The van der Waals surface area contributed by atoms with E-state index in [9.17, 15) is 39.9 Å². The van der Waals surface area contributed by atoms with Crippen LogP contribution in [0.25, 0.3) is 11.0 Å². The van der Waals surface area contributed by atoms with Crippen LogP contribution in [0.2, 0.25) is 0 Å². The normalized spacial score (nSPS) is 37.9. The van der Waals surface area contributed by atoms with E-state index in [1.165, 1.54) is 33.3 Å². The van der Waals surface area contributed by atoms with Gasteiger partial charge in [0.15, 0.2) is 16.8 Å². The first-order valence-electron chi connectivity index (χ1n) is 21.6. The number of phenolic OH excluding ortho intramolecular Hbond substituents is 1. The number of esters is 1. The van der Waals surface area contributed by atoms with Crippen molar-refractivity contribution in [2.24, 2.45) is 0 Å². The third-order valence-corrected chi connectivity index (χ3v) is 14.5. The molecule has 0 radical (unpaired) electrons. The molecule has 19 nitrogen and oxygen atoms in total. The molecule has 0 amide bonds. The second-order valence-corrected chi connectivity index (χ2v) is 18.2. The molecule has 4 saturated heterocycles. The fourth-order valence-electron chi connectivity index (χ4n) is 10.2. The molecule has 4 aliphatic heterocycles. The maximum atomic E-state index is 15.1. The lowest BCUT2D eigenvalue weighted by atomic mass is 9.74. The average Bonchev–Trinajstić information content (AvgIpc) is 3.91. The van der Waals surface area contributed by atoms with Crippen LogP contribution in [-0.4, -0.2) is 157 Å². The van der Waals surface area contributed by atoms with Gasteiger partial charge in [0.1, 0.15) is 65.9 Å². The molecule has 16 unspecified atom stereocenters. The molecule has 1 aliphatic carbocycles. The van der Waals surface area contributed by atoms with Gasteiger partial charge in [0.25, 0.3) is 0 Å². The number of carbonyl (C=O) groups is 3. The highest BCUT2D eigenvalue weighted by atomic mass is 16.6. The van der Waals surface area contributed by atoms with Gasteiger partial charge in [-0.2, -0.15) is 0 Å². The first-order chi connectivity index (χ1) is 30.6. The molecule has 354 valence electrons. The van der Waals surface area contributed by atoms with E-state index in [0.29, 0.717) is 0 Å². The van der Waals surface area contributed by atoms with E-state index in [1.54, 1.807) is 34.7 Å². The fraction of sp³-hybridized carbons (Fsp3) is 0.609. The Balaban J connectivity index is 1.25. The number of hydrogen-bond donors (Lipinski definition) is 6. The summed E-state index contributed by atoms with van der Waals surface area (Å²) in [5.41, 5.74) is -8.43. The molecule has 0 spiro atoms. The Morgan fingerprint density at radius 2 is 1.52 bits per heavy atom. The first-order valence-corrected chi connectivity index (χ1v) is 21.6. The molecule has 65 heavy (non-hydrogen) atoms. The maximum Gasteiger partial charge on any atom is 0.345 e. The van der Waals surface area contributed by atoms with Gasteiger partial charge in [0.2, 0.25) is 11.4 Å². The molecule has 0 bridgehead atoms. The number of aromatic hydroxyl groups is 1. The Morgan fingerprint density at radius 3 is 2.14 bits per heavy atom. The minimum atomic E-state index is -3.10. The molecule has 4 fully saturated rings. The number of phenols is 1. The van der Waals surface area contributed by atoms with E-state index in [1.807, 2.05) is 6.92 Å². The van der Waals surface area contributed by atoms with Crippen LogP contribution in [0.4, 0.5) is 0 Å². The monoisotopic (exact) mass is 911 g/mol. The number of aliphatic hydroxyl groups excluding tert-OH is 3. The SMILES string of the molecule is CNC1(C)CC(c2ccc3c(c2O)C(=O)c2c(cc(C(O)(C(=O)OC)C4OC(C)C(O)C(OC)C4O)c4c(=O)cc(C5(C)OC5C)oc24)C3=O)OC(C)C1OC1COC(C)C(O)C1OC. The molecule has 3 aromatic rings. The lowest BCUT2D eigenvalue weighted by Gasteiger charge is -2.50. The quantitative estimate of drug-likeness (QED) is 0.0963. The summed E-state index contributed by atoms with van der Waals surface area (Å²) in [4.78, 5) is 58.3. The number of ketones is 2. The van der Waals surface area contributed by atoms with Crippen LogP contribution in [0.15, 0.2) is 33.5 Å². The van der Waals surface area contributed by atoms with Crippen molar-refractivity contribution in [1.29, 1.82) is 0 Å². The summed E-state index contributed by atoms with van der Waals surface area (Å²) in [5, 5.41) is 60.7. The summed E-state index contributed by atoms with van der Waals surface area (Å²) in [6, 6.07) is 4.89. The Bertz CT molecular complexity index is 2470. The standard InChI is InChI=1S/C46H57NO18/c1-17-32(49)38(57-8)27(16-60-17)63-41-19(3)61-26(15-44(41,5)47-7)21-11-12-22-29(35(21)52)36(53)30-23(34(22)51)13-24(31-25(48)14-28(64-39(30)31)45(6)20(4)65-45)46(56,43(55)59-10)42-37(54)40(58-9)33(50)18(2)62-42/h11-14,17-20,26-27,32-33,37-38,40-42,47,49-50,52,54,56H,15-16H2,1-10H3. The lowest BCUT2D eigenvalue weighted by Crippen LogP contribution is -2.65. The molecule has 5 aliphatic rings. The Labute approximate surface area is 373 Å². The largest absolute Gasteiger partial charge is 0.507 e. The van der Waals surface area contributed by atoms with Crippen LogP contribution in [0.3, 0.4) is 0 Å². The van der Waals surface area contributed by atoms with Gasteiger partial charge in [-0.05, 0) is 67.1 Å². The zero-order valence-corrected chi connectivity index (χ0v) is 37.8. The molecule has 5 heterocycles. The van der Waals surface area contributed by atoms with Crippen LogP contribution >= 0.6 is 0 Å². The highest BCUT2D eigenvalue weighted by molar-refractivity contribution is 6.32. The lowest BCUT2D eigenvalue weighted by molar-refractivity contribution is -0.269. The first kappa shape index (κ1) is 47.3. The van der Waals surface area contributed by atoms with Crippen molar-refractivity contribution in [2.45, 2.75) is 144 Å². The fourth-order valence-corrected chi connectivity index (χ4v) is 10.2. The van der Waals surface area contributed by atoms with E-state index in [4.69, 9.17) is 42.3 Å². The highest BCUT2D eigenvalue weighted by Gasteiger charge is 2.60. The zero-order chi connectivity index (χ0) is 47.4. The Hall–Kier alpha value is -4.22. The number of aliphatic hydroxyl groups is 4. The second kappa shape index (κ2) is 16.8. The Morgan fingerprint density at radius 1 is 0.862 bits per heavy atom. The van der Waals surface area contributed by atoms with Gasteiger partial charge >= 0.3 is 5.97 Å². The number of ether oxygens (including phenoxy) is 8. The number of likely N-dealkylation sites (N-methyl/N-ethyl adjacent to an activating group) is 1. The third-order valence-electron chi connectivity index (χ3n) is 14.5. The predicted molar refractivity (Wildman–Crippen MR) is 225 cm³/mol.